The Morgan fingerprint density at radius 2 is 1.74 bits per heavy atom. The van der Waals surface area contributed by atoms with Gasteiger partial charge in [0.1, 0.15) is 11.3 Å². The van der Waals surface area contributed by atoms with Crippen LogP contribution in [0.1, 0.15) is 37.9 Å². The van der Waals surface area contributed by atoms with Crippen molar-refractivity contribution in [3.8, 4) is 17.2 Å². The molecule has 2 saturated heterocycles. The molecule has 0 aliphatic carbocycles. The highest BCUT2D eigenvalue weighted by atomic mass is 16.5. The summed E-state index contributed by atoms with van der Waals surface area (Å²) in [6, 6.07) is 9.85. The second-order valence-electron chi connectivity index (χ2n) is 9.83. The number of imide groups is 1. The van der Waals surface area contributed by atoms with Gasteiger partial charge in [0.2, 0.25) is 11.8 Å². The molecule has 9 nitrogen and oxygen atoms in total. The Hall–Kier alpha value is -3.59. The third-order valence-electron chi connectivity index (χ3n) is 6.71. The summed E-state index contributed by atoms with van der Waals surface area (Å²) in [5.41, 5.74) is -1.84. The van der Waals surface area contributed by atoms with Crippen molar-refractivity contribution in [2.24, 2.45) is 11.8 Å². The lowest BCUT2D eigenvalue weighted by Crippen LogP contribution is -2.58. The van der Waals surface area contributed by atoms with Crippen LogP contribution in [0.3, 0.4) is 0 Å². The molecular weight excluding hydrogens is 440 g/mol. The Morgan fingerprint density at radius 1 is 1.09 bits per heavy atom. The Labute approximate surface area is 197 Å². The highest BCUT2D eigenvalue weighted by molar-refractivity contribution is 6.10. The largest absolute Gasteiger partial charge is 0.508 e. The van der Waals surface area contributed by atoms with E-state index in [-0.39, 0.29) is 29.2 Å². The van der Waals surface area contributed by atoms with Crippen LogP contribution in [-0.2, 0) is 20.8 Å². The molecule has 0 bridgehead atoms. The smallest absolute Gasteiger partial charge is 0.325 e. The minimum atomic E-state index is -1.82. The van der Waals surface area contributed by atoms with E-state index in [4.69, 9.17) is 4.74 Å². The monoisotopic (exact) mass is 468 g/mol. The average Bonchev–Trinajstić information content (AvgIpc) is 3.24. The fraction of sp³-hybridized carbons (Fsp3) is 0.400. The van der Waals surface area contributed by atoms with Crippen molar-refractivity contribution in [2.75, 3.05) is 7.11 Å². The third-order valence-corrected chi connectivity index (χ3v) is 6.71. The number of ether oxygens (including phenoxy) is 1. The van der Waals surface area contributed by atoms with E-state index in [1.54, 1.807) is 51.1 Å². The molecule has 2 aliphatic rings. The topological polar surface area (TPSA) is 136 Å². The number of para-hydroxylation sites is 1. The second-order valence-corrected chi connectivity index (χ2v) is 9.83. The molecule has 2 fully saturated rings. The number of carbonyl (C=O) groups is 3. The standard InChI is InChI=1S/C25H28N2O7/c1-24(2,3)27-21(30)17-18(22(27)31)25(23(32)33,12-13-8-10-14(28)11-9-13)26-19(17)15-6-5-7-16(34-4)20(15)29/h5-11,17-19,26,28-29H,12H2,1-4H3,(H,32,33). The first-order valence-corrected chi connectivity index (χ1v) is 10.9. The number of benzene rings is 2. The molecule has 2 aromatic rings. The second kappa shape index (κ2) is 8.02. The number of carboxylic acid groups (broad SMARTS) is 1. The van der Waals surface area contributed by atoms with E-state index in [0.29, 0.717) is 5.56 Å². The maximum atomic E-state index is 13.7. The number of phenols is 2. The number of aromatic hydroxyl groups is 2. The molecule has 4 rings (SSSR count). The number of phenolic OH excluding ortho intramolecular Hbond substituents is 2. The van der Waals surface area contributed by atoms with E-state index < -0.39 is 46.7 Å². The number of rotatable bonds is 5. The summed E-state index contributed by atoms with van der Waals surface area (Å²) in [6.07, 6.45) is -0.109. The van der Waals surface area contributed by atoms with Gasteiger partial charge in [0.15, 0.2) is 11.5 Å². The SMILES string of the molecule is COc1cccc(C2NC(Cc3ccc(O)cc3)(C(=O)O)C3C(=O)N(C(C)(C)C)C(=O)C23)c1O. The molecule has 0 aromatic heterocycles. The summed E-state index contributed by atoms with van der Waals surface area (Å²) in [5.74, 6) is -4.61. The van der Waals surface area contributed by atoms with Crippen LogP contribution in [0.4, 0.5) is 0 Å². The molecular formula is C25H28N2O7. The lowest BCUT2D eigenvalue weighted by atomic mass is 9.76. The van der Waals surface area contributed by atoms with Gasteiger partial charge in [-0.2, -0.15) is 0 Å². The molecule has 4 atom stereocenters. The van der Waals surface area contributed by atoms with Gasteiger partial charge >= 0.3 is 5.97 Å². The lowest BCUT2D eigenvalue weighted by Gasteiger charge is -2.35. The maximum Gasteiger partial charge on any atom is 0.325 e. The summed E-state index contributed by atoms with van der Waals surface area (Å²) in [5, 5.41) is 34.0. The average molecular weight is 469 g/mol. The van der Waals surface area contributed by atoms with Crippen LogP contribution in [-0.4, -0.2) is 56.2 Å². The molecule has 4 N–H and O–H groups in total. The fourth-order valence-corrected chi connectivity index (χ4v) is 5.26. The molecule has 0 saturated carbocycles. The number of hydrogen-bond donors (Lipinski definition) is 4. The quantitative estimate of drug-likeness (QED) is 0.491. The van der Waals surface area contributed by atoms with Gasteiger partial charge in [0.25, 0.3) is 0 Å². The van der Waals surface area contributed by atoms with E-state index >= 15 is 0 Å². The van der Waals surface area contributed by atoms with Gasteiger partial charge in [-0.1, -0.05) is 24.3 Å². The number of hydrogen-bond acceptors (Lipinski definition) is 7. The molecule has 4 unspecified atom stereocenters. The Balaban J connectivity index is 1.91. The summed E-state index contributed by atoms with van der Waals surface area (Å²) < 4.78 is 5.21. The third kappa shape index (κ3) is 3.47. The van der Waals surface area contributed by atoms with E-state index in [0.717, 1.165) is 4.90 Å². The van der Waals surface area contributed by atoms with Crippen molar-refractivity contribution in [1.82, 2.24) is 10.2 Å². The van der Waals surface area contributed by atoms with Crippen LogP contribution in [0.2, 0.25) is 0 Å². The summed E-state index contributed by atoms with van der Waals surface area (Å²) in [7, 11) is 1.39. The van der Waals surface area contributed by atoms with Crippen LogP contribution in [0, 0.1) is 11.8 Å². The first kappa shape index (κ1) is 23.6. The lowest BCUT2D eigenvalue weighted by molar-refractivity contribution is -0.153. The Morgan fingerprint density at radius 3 is 2.29 bits per heavy atom. The number of nitrogens with one attached hydrogen (secondary N) is 1. The number of carboxylic acids is 1. The van der Waals surface area contributed by atoms with Gasteiger partial charge in [-0.25, -0.2) is 0 Å². The fourth-order valence-electron chi connectivity index (χ4n) is 5.26. The zero-order valence-corrected chi connectivity index (χ0v) is 19.4. The van der Waals surface area contributed by atoms with E-state index in [1.807, 2.05) is 0 Å². The van der Waals surface area contributed by atoms with Gasteiger partial charge < -0.3 is 20.1 Å². The molecule has 34 heavy (non-hydrogen) atoms. The van der Waals surface area contributed by atoms with Crippen LogP contribution in [0.15, 0.2) is 42.5 Å². The van der Waals surface area contributed by atoms with Crippen LogP contribution >= 0.6 is 0 Å². The van der Waals surface area contributed by atoms with E-state index in [9.17, 15) is 29.7 Å². The van der Waals surface area contributed by atoms with E-state index in [1.165, 1.54) is 19.2 Å². The molecule has 0 spiro atoms. The molecule has 180 valence electrons. The van der Waals surface area contributed by atoms with Gasteiger partial charge in [-0.3, -0.25) is 24.6 Å². The molecule has 2 aliphatic heterocycles. The number of fused-ring (bicyclic) bond motifs is 1. The van der Waals surface area contributed by atoms with Crippen molar-refractivity contribution in [2.45, 2.75) is 44.3 Å². The molecule has 2 aromatic carbocycles. The van der Waals surface area contributed by atoms with Gasteiger partial charge in [0, 0.05) is 23.6 Å². The number of methoxy groups -OCH3 is 1. The highest BCUT2D eigenvalue weighted by Gasteiger charge is 2.69. The number of nitrogens with zero attached hydrogens (tertiary/aromatic N) is 1. The Bertz CT molecular complexity index is 1150. The molecule has 9 heteroatoms. The highest BCUT2D eigenvalue weighted by Crippen LogP contribution is 2.53. The predicted molar refractivity (Wildman–Crippen MR) is 121 cm³/mol. The minimum Gasteiger partial charge on any atom is -0.508 e. The summed E-state index contributed by atoms with van der Waals surface area (Å²) in [6.45, 7) is 5.16. The van der Waals surface area contributed by atoms with Crippen molar-refractivity contribution in [3.63, 3.8) is 0 Å². The van der Waals surface area contributed by atoms with E-state index in [2.05, 4.69) is 5.32 Å². The van der Waals surface area contributed by atoms with Gasteiger partial charge in [-0.15, -0.1) is 0 Å². The Kier molecular flexibility index (Phi) is 5.56. The number of carbonyl (C=O) groups excluding carboxylic acids is 2. The van der Waals surface area contributed by atoms with Crippen molar-refractivity contribution >= 4 is 17.8 Å². The van der Waals surface area contributed by atoms with Crippen LogP contribution < -0.4 is 10.1 Å². The minimum absolute atomic E-state index is 0.0237. The molecule has 0 radical (unpaired) electrons. The number of aliphatic carboxylic acids is 1. The van der Waals surface area contributed by atoms with Crippen molar-refractivity contribution < 1.29 is 34.4 Å². The van der Waals surface area contributed by atoms with Gasteiger partial charge in [-0.05, 0) is 44.5 Å². The molecule has 2 amide bonds. The first-order chi connectivity index (χ1) is 15.9. The van der Waals surface area contributed by atoms with Gasteiger partial charge in [0.05, 0.1) is 18.9 Å². The van der Waals surface area contributed by atoms with Crippen molar-refractivity contribution in [1.29, 1.82) is 0 Å². The predicted octanol–water partition coefficient (Wildman–Crippen LogP) is 2.22. The van der Waals surface area contributed by atoms with Crippen LogP contribution in [0.25, 0.3) is 0 Å². The first-order valence-electron chi connectivity index (χ1n) is 10.9. The zero-order chi connectivity index (χ0) is 25.0. The normalized spacial score (nSPS) is 26.6. The molecule has 2 heterocycles. The maximum absolute atomic E-state index is 13.7. The summed E-state index contributed by atoms with van der Waals surface area (Å²) >= 11 is 0. The number of likely N-dealkylation sites (tertiary alicyclic amines) is 1. The zero-order valence-electron chi connectivity index (χ0n) is 19.4. The van der Waals surface area contributed by atoms with Crippen molar-refractivity contribution in [3.05, 3.63) is 53.6 Å². The summed E-state index contributed by atoms with van der Waals surface area (Å²) in [4.78, 5) is 41.3. The number of amides is 2. The van der Waals surface area contributed by atoms with Crippen LogP contribution in [0.5, 0.6) is 17.2 Å².